The minimum absolute atomic E-state index is 0.0360. The van der Waals surface area contributed by atoms with Gasteiger partial charge in [-0.25, -0.2) is 24.1 Å². The number of carbonyl (C=O) groups excluding carboxylic acids is 1. The number of carbonyl (C=O) groups is 1. The minimum atomic E-state index is -0.632. The van der Waals surface area contributed by atoms with E-state index >= 15 is 0 Å². The molecule has 0 spiro atoms. The highest BCUT2D eigenvalue weighted by Crippen LogP contribution is 2.33. The number of hydrogen-bond donors (Lipinski definition) is 2. The van der Waals surface area contributed by atoms with Crippen LogP contribution in [0.3, 0.4) is 0 Å². The number of amides is 1. The van der Waals surface area contributed by atoms with Gasteiger partial charge in [-0.2, -0.15) is 0 Å². The highest BCUT2D eigenvalue weighted by molar-refractivity contribution is 5.90. The Hall–Kier alpha value is -4.66. The number of nitrogens with one attached hydrogen (secondary N) is 1. The largest absolute Gasteiger partial charge is 0.421 e. The van der Waals surface area contributed by atoms with Gasteiger partial charge in [0.1, 0.15) is 0 Å². The maximum Gasteiger partial charge on any atom is 0.345 e. The van der Waals surface area contributed by atoms with Crippen LogP contribution in [0.1, 0.15) is 11.3 Å². The Balaban J connectivity index is 1.72. The lowest BCUT2D eigenvalue weighted by molar-refractivity contribution is -0.113. The van der Waals surface area contributed by atoms with E-state index in [0.717, 1.165) is 0 Å². The van der Waals surface area contributed by atoms with Gasteiger partial charge in [-0.3, -0.25) is 4.79 Å². The second-order valence-corrected chi connectivity index (χ2v) is 7.07. The van der Waals surface area contributed by atoms with Crippen LogP contribution >= 0.6 is 0 Å². The van der Waals surface area contributed by atoms with E-state index in [2.05, 4.69) is 19.9 Å². The molecule has 0 aliphatic rings. The van der Waals surface area contributed by atoms with Gasteiger partial charge >= 0.3 is 11.7 Å². The molecule has 0 aliphatic heterocycles. The van der Waals surface area contributed by atoms with Crippen LogP contribution in [-0.2, 0) is 4.79 Å². The molecule has 0 atom stereocenters. The molecule has 0 aliphatic carbocycles. The smallest absolute Gasteiger partial charge is 0.345 e. The molecular weight excluding hydrogens is 425 g/mol. The Labute approximate surface area is 187 Å². The van der Waals surface area contributed by atoms with Crippen molar-refractivity contribution in [2.24, 2.45) is 5.73 Å². The number of aromatic amines is 1. The zero-order chi connectivity index (χ0) is 23.4. The summed E-state index contributed by atoms with van der Waals surface area (Å²) in [6.45, 7) is 1.78. The number of hydrogen-bond acceptors (Lipinski definition) is 6. The van der Waals surface area contributed by atoms with Crippen molar-refractivity contribution in [3.05, 3.63) is 94.6 Å². The van der Waals surface area contributed by atoms with E-state index in [4.69, 9.17) is 10.5 Å². The fraction of sp³-hybridized carbons (Fsp3) is 0.0417. The number of H-pyrrole nitrogens is 1. The van der Waals surface area contributed by atoms with Crippen LogP contribution < -0.4 is 16.2 Å². The van der Waals surface area contributed by atoms with Crippen LogP contribution in [0.2, 0.25) is 0 Å². The van der Waals surface area contributed by atoms with Crippen molar-refractivity contribution in [3.8, 4) is 34.1 Å². The lowest BCUT2D eigenvalue weighted by Crippen LogP contribution is -2.11. The van der Waals surface area contributed by atoms with Gasteiger partial charge in [0.25, 0.3) is 0 Å². The number of aromatic nitrogens is 4. The summed E-state index contributed by atoms with van der Waals surface area (Å²) in [7, 11) is 0. The Kier molecular flexibility index (Phi) is 6.03. The number of nitrogens with two attached hydrogens (primary N) is 1. The zero-order valence-corrected chi connectivity index (χ0v) is 17.4. The highest BCUT2D eigenvalue weighted by Gasteiger charge is 2.14. The summed E-state index contributed by atoms with van der Waals surface area (Å²) >= 11 is 0. The van der Waals surface area contributed by atoms with Crippen molar-refractivity contribution in [2.45, 2.75) is 6.92 Å². The lowest BCUT2D eigenvalue weighted by Gasteiger charge is -2.11. The second-order valence-electron chi connectivity index (χ2n) is 7.07. The standard InChI is InChI=1S/C24H18FN5O3/c1-14-9-10-27-24(29-14)33-20-7-6-16(12-19(20)25)18-13-28-23(32)30-22(18)17-4-2-3-15(11-17)5-8-21(26)31/h2-13H,1H3,(H2,26,31)(H,28,30,32). The molecule has 1 amide bonds. The molecule has 9 heteroatoms. The Morgan fingerprint density at radius 3 is 2.73 bits per heavy atom. The average molecular weight is 443 g/mol. The Bertz CT molecular complexity index is 1430. The van der Waals surface area contributed by atoms with Gasteiger partial charge in [-0.15, -0.1) is 0 Å². The Morgan fingerprint density at radius 2 is 1.97 bits per heavy atom. The van der Waals surface area contributed by atoms with Crippen LogP contribution in [-0.4, -0.2) is 25.8 Å². The molecular formula is C24H18FN5O3. The monoisotopic (exact) mass is 443 g/mol. The number of aryl methyl sites for hydroxylation is 1. The molecule has 0 bridgehead atoms. The molecule has 2 aromatic carbocycles. The third-order valence-electron chi connectivity index (χ3n) is 4.64. The Morgan fingerprint density at radius 1 is 1.12 bits per heavy atom. The van der Waals surface area contributed by atoms with E-state index in [1.807, 2.05) is 0 Å². The third-order valence-corrected chi connectivity index (χ3v) is 4.64. The van der Waals surface area contributed by atoms with E-state index < -0.39 is 17.4 Å². The van der Waals surface area contributed by atoms with Gasteiger partial charge < -0.3 is 15.5 Å². The van der Waals surface area contributed by atoms with Gasteiger partial charge in [0, 0.05) is 29.7 Å². The van der Waals surface area contributed by atoms with E-state index in [9.17, 15) is 14.0 Å². The van der Waals surface area contributed by atoms with Crippen molar-refractivity contribution in [1.82, 2.24) is 19.9 Å². The highest BCUT2D eigenvalue weighted by atomic mass is 19.1. The maximum absolute atomic E-state index is 14.8. The van der Waals surface area contributed by atoms with E-state index in [1.165, 1.54) is 30.6 Å². The lowest BCUT2D eigenvalue weighted by atomic mass is 9.99. The number of primary amides is 1. The number of rotatable bonds is 6. The predicted octanol–water partition coefficient (Wildman–Crippen LogP) is 3.63. The maximum atomic E-state index is 14.8. The molecule has 2 heterocycles. The summed E-state index contributed by atoms with van der Waals surface area (Å²) in [6.07, 6.45) is 5.69. The first kappa shape index (κ1) is 21.6. The molecule has 0 radical (unpaired) electrons. The summed E-state index contributed by atoms with van der Waals surface area (Å²) in [4.78, 5) is 37.6. The quantitative estimate of drug-likeness (QED) is 0.439. The van der Waals surface area contributed by atoms with Crippen LogP contribution in [0, 0.1) is 12.7 Å². The fourth-order valence-electron chi connectivity index (χ4n) is 3.14. The van der Waals surface area contributed by atoms with Crippen molar-refractivity contribution in [1.29, 1.82) is 0 Å². The molecule has 0 fully saturated rings. The van der Waals surface area contributed by atoms with Gasteiger partial charge in [-0.1, -0.05) is 24.3 Å². The number of ether oxygens (including phenoxy) is 1. The van der Waals surface area contributed by atoms with Gasteiger partial charge in [0.15, 0.2) is 11.6 Å². The number of nitrogens with zero attached hydrogens (tertiary/aromatic N) is 3. The third kappa shape index (κ3) is 5.16. The summed E-state index contributed by atoms with van der Waals surface area (Å²) < 4.78 is 20.3. The van der Waals surface area contributed by atoms with E-state index in [0.29, 0.717) is 33.6 Å². The molecule has 4 aromatic rings. The molecule has 0 saturated heterocycles. The molecule has 4 rings (SSSR count). The van der Waals surface area contributed by atoms with Gasteiger partial charge in [0.05, 0.1) is 5.69 Å². The summed E-state index contributed by atoms with van der Waals surface area (Å²) in [6, 6.07) is 13.2. The molecule has 2 aromatic heterocycles. The molecule has 164 valence electrons. The minimum Gasteiger partial charge on any atom is -0.421 e. The van der Waals surface area contributed by atoms with Crippen LogP contribution in [0.25, 0.3) is 28.5 Å². The first-order valence-corrected chi connectivity index (χ1v) is 9.84. The van der Waals surface area contributed by atoms with Crippen LogP contribution in [0.15, 0.2) is 71.8 Å². The van der Waals surface area contributed by atoms with Gasteiger partial charge in [0.2, 0.25) is 5.91 Å². The SMILES string of the molecule is Cc1ccnc(Oc2ccc(-c3cnc(=O)[nH]c3-c3cccc(C=CC(N)=O)c3)cc2F)n1. The summed E-state index contributed by atoms with van der Waals surface area (Å²) in [5.74, 6) is -1.25. The van der Waals surface area contributed by atoms with Crippen molar-refractivity contribution < 1.29 is 13.9 Å². The van der Waals surface area contributed by atoms with Crippen molar-refractivity contribution >= 4 is 12.0 Å². The topological polar surface area (TPSA) is 124 Å². The van der Waals surface area contributed by atoms with Crippen LogP contribution in [0.4, 0.5) is 4.39 Å². The predicted molar refractivity (Wildman–Crippen MR) is 121 cm³/mol. The first-order valence-electron chi connectivity index (χ1n) is 9.84. The summed E-state index contributed by atoms with van der Waals surface area (Å²) in [5.41, 5.74) is 8.05. The number of halogens is 1. The van der Waals surface area contributed by atoms with Gasteiger partial charge in [-0.05, 0) is 54.0 Å². The normalized spacial score (nSPS) is 11.0. The van der Waals surface area contributed by atoms with Crippen molar-refractivity contribution in [3.63, 3.8) is 0 Å². The first-order chi connectivity index (χ1) is 15.9. The van der Waals surface area contributed by atoms with E-state index in [1.54, 1.807) is 49.4 Å². The number of benzene rings is 2. The fourth-order valence-corrected chi connectivity index (χ4v) is 3.14. The molecule has 33 heavy (non-hydrogen) atoms. The van der Waals surface area contributed by atoms with Crippen molar-refractivity contribution in [2.75, 3.05) is 0 Å². The van der Waals surface area contributed by atoms with E-state index in [-0.39, 0.29) is 11.8 Å². The molecule has 8 nitrogen and oxygen atoms in total. The zero-order valence-electron chi connectivity index (χ0n) is 17.4. The molecule has 0 saturated carbocycles. The molecule has 3 N–H and O–H groups in total. The summed E-state index contributed by atoms with van der Waals surface area (Å²) in [5, 5.41) is 0. The second kappa shape index (κ2) is 9.23. The molecule has 0 unspecified atom stereocenters. The van der Waals surface area contributed by atoms with Crippen LogP contribution in [0.5, 0.6) is 11.8 Å². The average Bonchev–Trinajstić information content (AvgIpc) is 2.79.